The zero-order valence-corrected chi connectivity index (χ0v) is 10.5. The molecule has 0 aliphatic carbocycles. The molecule has 0 aliphatic rings. The fourth-order valence-electron chi connectivity index (χ4n) is 1.28. The first-order chi connectivity index (χ1) is 6.72. The average molecular weight is 252 g/mol. The summed E-state index contributed by atoms with van der Waals surface area (Å²) in [6.07, 6.45) is 0. The molecule has 15 heavy (non-hydrogen) atoms. The molecular weight excluding hydrogens is 237 g/mol. The summed E-state index contributed by atoms with van der Waals surface area (Å²) in [5, 5.41) is 3.61. The molecular formula is C10H15Cl2NO2. The van der Waals surface area contributed by atoms with E-state index in [0.717, 1.165) is 12.1 Å². The number of rotatable bonds is 4. The minimum Gasteiger partial charge on any atom is -0.493 e. The van der Waals surface area contributed by atoms with Crippen LogP contribution in [0.25, 0.3) is 0 Å². The lowest BCUT2D eigenvalue weighted by atomic mass is 10.2. The first kappa shape index (κ1) is 14.4. The van der Waals surface area contributed by atoms with Gasteiger partial charge < -0.3 is 14.8 Å². The van der Waals surface area contributed by atoms with Gasteiger partial charge in [-0.05, 0) is 24.7 Å². The van der Waals surface area contributed by atoms with Crippen molar-refractivity contribution in [2.24, 2.45) is 0 Å². The summed E-state index contributed by atoms with van der Waals surface area (Å²) in [6, 6.07) is 3.76. The predicted molar refractivity (Wildman–Crippen MR) is 64.6 cm³/mol. The molecule has 0 aromatic heterocycles. The lowest BCUT2D eigenvalue weighted by molar-refractivity contribution is 0.354. The van der Waals surface area contributed by atoms with Gasteiger partial charge in [0.2, 0.25) is 0 Å². The Morgan fingerprint density at radius 3 is 2.40 bits per heavy atom. The zero-order valence-electron chi connectivity index (χ0n) is 8.96. The van der Waals surface area contributed by atoms with E-state index in [-0.39, 0.29) is 12.4 Å². The van der Waals surface area contributed by atoms with Crippen molar-refractivity contribution in [1.82, 2.24) is 5.32 Å². The Hall–Kier alpha value is -0.640. The summed E-state index contributed by atoms with van der Waals surface area (Å²) < 4.78 is 10.3. The van der Waals surface area contributed by atoms with Crippen LogP contribution < -0.4 is 14.8 Å². The number of hydrogen-bond donors (Lipinski definition) is 1. The maximum absolute atomic E-state index is 6.02. The molecule has 0 atom stereocenters. The number of benzene rings is 1. The quantitative estimate of drug-likeness (QED) is 0.893. The fourth-order valence-corrected chi connectivity index (χ4v) is 1.59. The van der Waals surface area contributed by atoms with Crippen molar-refractivity contribution in [2.45, 2.75) is 6.54 Å². The SMILES string of the molecule is CNCc1cc(Cl)c(OC)c(OC)c1.Cl. The molecule has 0 unspecified atom stereocenters. The number of ether oxygens (including phenoxy) is 2. The van der Waals surface area contributed by atoms with Gasteiger partial charge in [0, 0.05) is 6.54 Å². The number of hydrogen-bond acceptors (Lipinski definition) is 3. The monoisotopic (exact) mass is 251 g/mol. The van der Waals surface area contributed by atoms with Crippen molar-refractivity contribution in [1.29, 1.82) is 0 Å². The largest absolute Gasteiger partial charge is 0.493 e. The normalized spacial score (nSPS) is 9.33. The number of nitrogens with one attached hydrogen (secondary N) is 1. The lowest BCUT2D eigenvalue weighted by Gasteiger charge is -2.11. The van der Waals surface area contributed by atoms with Crippen molar-refractivity contribution in [3.05, 3.63) is 22.7 Å². The summed E-state index contributed by atoms with van der Waals surface area (Å²) in [7, 11) is 5.05. The summed E-state index contributed by atoms with van der Waals surface area (Å²) in [4.78, 5) is 0. The third-order valence-electron chi connectivity index (χ3n) is 1.87. The molecule has 0 saturated carbocycles. The van der Waals surface area contributed by atoms with Crippen LogP contribution in [0.2, 0.25) is 5.02 Å². The highest BCUT2D eigenvalue weighted by Crippen LogP contribution is 2.35. The third kappa shape index (κ3) is 3.45. The van der Waals surface area contributed by atoms with Crippen LogP contribution in [0, 0.1) is 0 Å². The summed E-state index contributed by atoms with van der Waals surface area (Å²) in [6.45, 7) is 0.750. The van der Waals surface area contributed by atoms with Gasteiger partial charge in [0.25, 0.3) is 0 Å². The topological polar surface area (TPSA) is 30.5 Å². The second kappa shape index (κ2) is 6.77. The molecule has 0 spiro atoms. The molecule has 0 radical (unpaired) electrons. The molecule has 5 heteroatoms. The molecule has 1 aromatic rings. The third-order valence-corrected chi connectivity index (χ3v) is 2.16. The van der Waals surface area contributed by atoms with E-state index in [4.69, 9.17) is 21.1 Å². The lowest BCUT2D eigenvalue weighted by Crippen LogP contribution is -2.05. The smallest absolute Gasteiger partial charge is 0.179 e. The summed E-state index contributed by atoms with van der Waals surface area (Å²) in [5.74, 6) is 1.24. The van der Waals surface area contributed by atoms with Gasteiger partial charge in [-0.25, -0.2) is 0 Å². The van der Waals surface area contributed by atoms with Crippen molar-refractivity contribution in [3.8, 4) is 11.5 Å². The van der Waals surface area contributed by atoms with E-state index in [2.05, 4.69) is 5.32 Å². The van der Waals surface area contributed by atoms with Gasteiger partial charge in [0.05, 0.1) is 19.2 Å². The minimum atomic E-state index is 0. The van der Waals surface area contributed by atoms with Gasteiger partial charge in [-0.1, -0.05) is 11.6 Å². The van der Waals surface area contributed by atoms with Crippen LogP contribution in [0.4, 0.5) is 0 Å². The van der Waals surface area contributed by atoms with E-state index in [1.54, 1.807) is 14.2 Å². The fraction of sp³-hybridized carbons (Fsp3) is 0.400. The van der Waals surface area contributed by atoms with Crippen molar-refractivity contribution >= 4 is 24.0 Å². The Morgan fingerprint density at radius 1 is 1.27 bits per heavy atom. The van der Waals surface area contributed by atoms with Crippen molar-refractivity contribution in [3.63, 3.8) is 0 Å². The van der Waals surface area contributed by atoms with Crippen LogP contribution in [0.3, 0.4) is 0 Å². The van der Waals surface area contributed by atoms with Gasteiger partial charge >= 0.3 is 0 Å². The van der Waals surface area contributed by atoms with Crippen LogP contribution in [-0.4, -0.2) is 21.3 Å². The van der Waals surface area contributed by atoms with Crippen molar-refractivity contribution < 1.29 is 9.47 Å². The Morgan fingerprint density at radius 2 is 1.93 bits per heavy atom. The van der Waals surface area contributed by atoms with Gasteiger partial charge in [-0.15, -0.1) is 12.4 Å². The molecule has 0 fully saturated rings. The molecule has 0 bridgehead atoms. The second-order valence-corrected chi connectivity index (χ2v) is 3.25. The van der Waals surface area contributed by atoms with Gasteiger partial charge in [-0.2, -0.15) is 0 Å². The maximum atomic E-state index is 6.02. The average Bonchev–Trinajstić information content (AvgIpc) is 2.17. The van der Waals surface area contributed by atoms with Crippen LogP contribution >= 0.6 is 24.0 Å². The Balaban J connectivity index is 0.00000196. The van der Waals surface area contributed by atoms with E-state index >= 15 is 0 Å². The highest BCUT2D eigenvalue weighted by Gasteiger charge is 2.09. The molecule has 0 heterocycles. The van der Waals surface area contributed by atoms with Crippen LogP contribution in [0.5, 0.6) is 11.5 Å². The molecule has 1 rings (SSSR count). The predicted octanol–water partition coefficient (Wildman–Crippen LogP) is 2.50. The van der Waals surface area contributed by atoms with E-state index in [0.29, 0.717) is 16.5 Å². The standard InChI is InChI=1S/C10H14ClNO2.ClH/c1-12-6-7-4-8(11)10(14-3)9(5-7)13-2;/h4-5,12H,6H2,1-3H3;1H. The number of halogens is 2. The highest BCUT2D eigenvalue weighted by atomic mass is 35.5. The maximum Gasteiger partial charge on any atom is 0.179 e. The van der Waals surface area contributed by atoms with Gasteiger partial charge in [0.15, 0.2) is 11.5 Å². The van der Waals surface area contributed by atoms with Crippen LogP contribution in [0.15, 0.2) is 12.1 Å². The Labute approximate surface area is 101 Å². The van der Waals surface area contributed by atoms with E-state index in [9.17, 15) is 0 Å². The summed E-state index contributed by atoms with van der Waals surface area (Å²) >= 11 is 6.02. The first-order valence-corrected chi connectivity index (χ1v) is 4.65. The molecule has 0 amide bonds. The second-order valence-electron chi connectivity index (χ2n) is 2.84. The van der Waals surface area contributed by atoms with E-state index < -0.39 is 0 Å². The van der Waals surface area contributed by atoms with Crippen LogP contribution in [-0.2, 0) is 6.54 Å². The molecule has 3 nitrogen and oxygen atoms in total. The van der Waals surface area contributed by atoms with Gasteiger partial charge in [-0.3, -0.25) is 0 Å². The van der Waals surface area contributed by atoms with E-state index in [1.807, 2.05) is 19.2 Å². The Kier molecular flexibility index (Phi) is 6.48. The number of methoxy groups -OCH3 is 2. The first-order valence-electron chi connectivity index (χ1n) is 4.28. The van der Waals surface area contributed by atoms with E-state index in [1.165, 1.54) is 0 Å². The molecule has 0 aliphatic heterocycles. The summed E-state index contributed by atoms with van der Waals surface area (Å²) in [5.41, 5.74) is 1.06. The highest BCUT2D eigenvalue weighted by molar-refractivity contribution is 6.32. The molecule has 1 aromatic carbocycles. The Bertz CT molecular complexity index is 319. The van der Waals surface area contributed by atoms with Crippen LogP contribution in [0.1, 0.15) is 5.56 Å². The molecule has 1 N–H and O–H groups in total. The minimum absolute atomic E-state index is 0. The zero-order chi connectivity index (χ0) is 10.6. The molecule has 0 saturated heterocycles. The molecule has 86 valence electrons. The van der Waals surface area contributed by atoms with Gasteiger partial charge in [0.1, 0.15) is 0 Å². The van der Waals surface area contributed by atoms with Crippen molar-refractivity contribution in [2.75, 3.05) is 21.3 Å².